The summed E-state index contributed by atoms with van der Waals surface area (Å²) < 4.78 is 5.90. The lowest BCUT2D eigenvalue weighted by molar-refractivity contribution is 0.0944. The van der Waals surface area contributed by atoms with Crippen LogP contribution in [0.4, 0.5) is 0 Å². The van der Waals surface area contributed by atoms with Gasteiger partial charge in [0.25, 0.3) is 5.91 Å². The van der Waals surface area contributed by atoms with Crippen LogP contribution in [0, 0.1) is 11.8 Å². The van der Waals surface area contributed by atoms with Crippen LogP contribution in [0.15, 0.2) is 22.7 Å². The highest BCUT2D eigenvalue weighted by molar-refractivity contribution is 9.10. The summed E-state index contributed by atoms with van der Waals surface area (Å²) in [7, 11) is 1.59. The van der Waals surface area contributed by atoms with E-state index in [2.05, 4.69) is 42.0 Å². The van der Waals surface area contributed by atoms with Crippen molar-refractivity contribution in [2.45, 2.75) is 20.8 Å². The number of benzene rings is 1. The van der Waals surface area contributed by atoms with E-state index in [1.54, 1.807) is 13.2 Å². The lowest BCUT2D eigenvalue weighted by Gasteiger charge is -2.16. The SMILES string of the molecule is COc1ccc(Br)c(C(=O)NCC(C)C(C)C)c1. The van der Waals surface area contributed by atoms with Crippen LogP contribution in [0.2, 0.25) is 0 Å². The minimum atomic E-state index is -0.0757. The Hall–Kier alpha value is -1.03. The van der Waals surface area contributed by atoms with Crippen molar-refractivity contribution in [3.05, 3.63) is 28.2 Å². The second-order valence-electron chi connectivity index (χ2n) is 4.78. The molecule has 100 valence electrons. The molecule has 0 aliphatic heterocycles. The molecule has 0 saturated carbocycles. The maximum absolute atomic E-state index is 12.1. The summed E-state index contributed by atoms with van der Waals surface area (Å²) in [6.45, 7) is 7.11. The first-order valence-electron chi connectivity index (χ1n) is 6.07. The van der Waals surface area contributed by atoms with Gasteiger partial charge in [0.15, 0.2) is 0 Å². The van der Waals surface area contributed by atoms with Gasteiger partial charge in [-0.1, -0.05) is 20.8 Å². The van der Waals surface area contributed by atoms with E-state index in [0.717, 1.165) is 4.47 Å². The van der Waals surface area contributed by atoms with E-state index in [9.17, 15) is 4.79 Å². The van der Waals surface area contributed by atoms with Crippen LogP contribution in [0.25, 0.3) is 0 Å². The number of nitrogens with one attached hydrogen (secondary N) is 1. The molecule has 4 heteroatoms. The molecule has 0 fully saturated rings. The minimum Gasteiger partial charge on any atom is -0.497 e. The van der Waals surface area contributed by atoms with E-state index in [4.69, 9.17) is 4.74 Å². The van der Waals surface area contributed by atoms with Gasteiger partial charge in [-0.2, -0.15) is 0 Å². The molecule has 1 amide bonds. The first-order valence-corrected chi connectivity index (χ1v) is 6.86. The van der Waals surface area contributed by atoms with E-state index in [1.165, 1.54) is 0 Å². The summed E-state index contributed by atoms with van der Waals surface area (Å²) in [6.07, 6.45) is 0. The van der Waals surface area contributed by atoms with Crippen molar-refractivity contribution < 1.29 is 9.53 Å². The average Bonchev–Trinajstić information content (AvgIpc) is 2.35. The Balaban J connectivity index is 2.72. The van der Waals surface area contributed by atoms with Crippen LogP contribution in [-0.2, 0) is 0 Å². The summed E-state index contributed by atoms with van der Waals surface area (Å²) in [5, 5.41) is 2.95. The van der Waals surface area contributed by atoms with Gasteiger partial charge in [0, 0.05) is 11.0 Å². The third-order valence-corrected chi connectivity index (χ3v) is 3.83. The quantitative estimate of drug-likeness (QED) is 0.903. The summed E-state index contributed by atoms with van der Waals surface area (Å²) in [5.41, 5.74) is 0.602. The van der Waals surface area contributed by atoms with Crippen LogP contribution in [0.5, 0.6) is 5.75 Å². The molecule has 1 rings (SSSR count). The number of carbonyl (C=O) groups is 1. The Morgan fingerprint density at radius 1 is 1.39 bits per heavy atom. The Morgan fingerprint density at radius 2 is 2.06 bits per heavy atom. The van der Waals surface area contributed by atoms with Crippen molar-refractivity contribution in [3.8, 4) is 5.75 Å². The van der Waals surface area contributed by atoms with Crippen LogP contribution < -0.4 is 10.1 Å². The molecule has 0 heterocycles. The number of hydrogen-bond acceptors (Lipinski definition) is 2. The fourth-order valence-corrected chi connectivity index (χ4v) is 1.82. The van der Waals surface area contributed by atoms with Crippen molar-refractivity contribution >= 4 is 21.8 Å². The van der Waals surface area contributed by atoms with E-state index >= 15 is 0 Å². The number of amides is 1. The third kappa shape index (κ3) is 4.02. The normalized spacial score (nSPS) is 12.3. The van der Waals surface area contributed by atoms with E-state index in [-0.39, 0.29) is 5.91 Å². The Labute approximate surface area is 117 Å². The number of ether oxygens (including phenoxy) is 1. The van der Waals surface area contributed by atoms with Crippen LogP contribution in [0.3, 0.4) is 0 Å². The molecule has 0 bridgehead atoms. The highest BCUT2D eigenvalue weighted by Crippen LogP contribution is 2.22. The van der Waals surface area contributed by atoms with Gasteiger partial charge in [-0.25, -0.2) is 0 Å². The monoisotopic (exact) mass is 313 g/mol. The molecule has 0 aliphatic rings. The lowest BCUT2D eigenvalue weighted by atomic mass is 9.98. The molecule has 18 heavy (non-hydrogen) atoms. The zero-order chi connectivity index (χ0) is 13.7. The van der Waals surface area contributed by atoms with Gasteiger partial charge in [-0.05, 0) is 46.0 Å². The van der Waals surface area contributed by atoms with E-state index in [0.29, 0.717) is 29.7 Å². The topological polar surface area (TPSA) is 38.3 Å². The zero-order valence-corrected chi connectivity index (χ0v) is 12.9. The molecule has 0 saturated heterocycles. The van der Waals surface area contributed by atoms with Gasteiger partial charge in [0.2, 0.25) is 0 Å². The molecule has 0 aromatic heterocycles. The molecule has 3 nitrogen and oxygen atoms in total. The summed E-state index contributed by atoms with van der Waals surface area (Å²) >= 11 is 3.38. The number of methoxy groups -OCH3 is 1. The molecule has 1 aromatic rings. The predicted molar refractivity (Wildman–Crippen MR) is 77.0 cm³/mol. The van der Waals surface area contributed by atoms with Crippen molar-refractivity contribution in [2.24, 2.45) is 11.8 Å². The lowest BCUT2D eigenvalue weighted by Crippen LogP contribution is -2.30. The molecular formula is C14H20BrNO2. The van der Waals surface area contributed by atoms with E-state index in [1.807, 2.05) is 12.1 Å². The van der Waals surface area contributed by atoms with Gasteiger partial charge >= 0.3 is 0 Å². The molecular weight excluding hydrogens is 294 g/mol. The van der Waals surface area contributed by atoms with Gasteiger partial charge in [0.05, 0.1) is 12.7 Å². The van der Waals surface area contributed by atoms with Crippen molar-refractivity contribution in [1.82, 2.24) is 5.32 Å². The van der Waals surface area contributed by atoms with Crippen LogP contribution >= 0.6 is 15.9 Å². The zero-order valence-electron chi connectivity index (χ0n) is 11.3. The van der Waals surface area contributed by atoms with Gasteiger partial charge in [-0.3, -0.25) is 4.79 Å². The van der Waals surface area contributed by atoms with Crippen molar-refractivity contribution in [2.75, 3.05) is 13.7 Å². The summed E-state index contributed by atoms with van der Waals surface area (Å²) in [6, 6.07) is 5.37. The largest absolute Gasteiger partial charge is 0.497 e. The van der Waals surface area contributed by atoms with Gasteiger partial charge in [0.1, 0.15) is 5.75 Å². The van der Waals surface area contributed by atoms with Gasteiger partial charge in [-0.15, -0.1) is 0 Å². The van der Waals surface area contributed by atoms with E-state index < -0.39 is 0 Å². The van der Waals surface area contributed by atoms with Gasteiger partial charge < -0.3 is 10.1 Å². The molecule has 1 N–H and O–H groups in total. The maximum Gasteiger partial charge on any atom is 0.252 e. The Bertz CT molecular complexity index is 418. The number of halogens is 1. The Morgan fingerprint density at radius 3 is 2.61 bits per heavy atom. The highest BCUT2D eigenvalue weighted by atomic mass is 79.9. The fourth-order valence-electron chi connectivity index (χ4n) is 1.39. The fraction of sp³-hybridized carbons (Fsp3) is 0.500. The molecule has 0 radical (unpaired) electrons. The number of hydrogen-bond donors (Lipinski definition) is 1. The molecule has 1 atom stereocenters. The summed E-state index contributed by atoms with van der Waals surface area (Å²) in [5.74, 6) is 1.62. The molecule has 0 spiro atoms. The molecule has 1 unspecified atom stereocenters. The number of rotatable bonds is 5. The minimum absolute atomic E-state index is 0.0757. The first kappa shape index (κ1) is 15.0. The predicted octanol–water partition coefficient (Wildman–Crippen LogP) is 3.48. The second-order valence-corrected chi connectivity index (χ2v) is 5.63. The third-order valence-electron chi connectivity index (χ3n) is 3.14. The number of carbonyl (C=O) groups excluding carboxylic acids is 1. The van der Waals surface area contributed by atoms with Crippen LogP contribution in [0.1, 0.15) is 31.1 Å². The summed E-state index contributed by atoms with van der Waals surface area (Å²) in [4.78, 5) is 12.1. The average molecular weight is 314 g/mol. The van der Waals surface area contributed by atoms with Crippen molar-refractivity contribution in [1.29, 1.82) is 0 Å². The standard InChI is InChI=1S/C14H20BrNO2/c1-9(2)10(3)8-16-14(17)12-7-11(18-4)5-6-13(12)15/h5-7,9-10H,8H2,1-4H3,(H,16,17). The first-order chi connectivity index (χ1) is 8.45. The molecule has 0 aliphatic carbocycles. The smallest absolute Gasteiger partial charge is 0.252 e. The second kappa shape index (κ2) is 6.78. The Kier molecular flexibility index (Phi) is 5.66. The molecule has 1 aromatic carbocycles. The van der Waals surface area contributed by atoms with Crippen LogP contribution in [-0.4, -0.2) is 19.6 Å². The highest BCUT2D eigenvalue weighted by Gasteiger charge is 2.13. The maximum atomic E-state index is 12.1. The van der Waals surface area contributed by atoms with Crippen molar-refractivity contribution in [3.63, 3.8) is 0 Å².